The average Bonchev–Trinajstić information content (AvgIpc) is 2.43. The Labute approximate surface area is 129 Å². The Balaban J connectivity index is 2.26. The summed E-state index contributed by atoms with van der Waals surface area (Å²) in [6.07, 6.45) is 2.73. The van der Waals surface area contributed by atoms with Gasteiger partial charge in [-0.15, -0.1) is 0 Å². The maximum absolute atomic E-state index is 11.8. The first kappa shape index (κ1) is 14.3. The van der Waals surface area contributed by atoms with E-state index in [1.165, 1.54) is 0 Å². The molecule has 1 N–H and O–H groups in total. The number of carboxylic acid groups (broad SMARTS) is 1. The van der Waals surface area contributed by atoms with Crippen molar-refractivity contribution < 1.29 is 9.90 Å². The number of aryl methyl sites for hydroxylation is 1. The number of pyridine rings is 1. The first-order valence-corrected chi connectivity index (χ1v) is 7.69. The van der Waals surface area contributed by atoms with Crippen molar-refractivity contribution in [1.29, 1.82) is 0 Å². The second kappa shape index (κ2) is 5.30. The van der Waals surface area contributed by atoms with Gasteiger partial charge in [-0.3, -0.25) is 4.98 Å². The molecule has 0 saturated carbocycles. The standard InChI is InChI=1S/C17H18ClNO2/c1-9(2)10-3-5-14-12(7-10)16(17(20)21)13-8-11(18)4-6-15(13)19-14/h4,6,8-10H,3,5,7H2,1-2H3,(H,20,21). The van der Waals surface area contributed by atoms with Gasteiger partial charge in [-0.1, -0.05) is 25.4 Å². The number of fused-ring (bicyclic) bond motifs is 2. The fraction of sp³-hybridized carbons (Fsp3) is 0.412. The van der Waals surface area contributed by atoms with Gasteiger partial charge in [-0.25, -0.2) is 4.79 Å². The summed E-state index contributed by atoms with van der Waals surface area (Å²) in [6.45, 7) is 4.39. The van der Waals surface area contributed by atoms with E-state index in [2.05, 4.69) is 18.8 Å². The molecule has 110 valence electrons. The highest BCUT2D eigenvalue weighted by molar-refractivity contribution is 6.31. The molecule has 1 unspecified atom stereocenters. The van der Waals surface area contributed by atoms with Crippen LogP contribution >= 0.6 is 11.6 Å². The molecule has 0 aliphatic heterocycles. The van der Waals surface area contributed by atoms with E-state index >= 15 is 0 Å². The first-order valence-electron chi connectivity index (χ1n) is 7.31. The van der Waals surface area contributed by atoms with Crippen LogP contribution in [0.5, 0.6) is 0 Å². The minimum absolute atomic E-state index is 0.392. The van der Waals surface area contributed by atoms with Crippen molar-refractivity contribution in [2.45, 2.75) is 33.1 Å². The Kier molecular flexibility index (Phi) is 3.62. The maximum Gasteiger partial charge on any atom is 0.336 e. The topological polar surface area (TPSA) is 50.2 Å². The van der Waals surface area contributed by atoms with E-state index in [-0.39, 0.29) is 0 Å². The molecular formula is C17H18ClNO2. The third kappa shape index (κ3) is 2.51. The lowest BCUT2D eigenvalue weighted by Crippen LogP contribution is -2.23. The van der Waals surface area contributed by atoms with Gasteiger partial charge in [0, 0.05) is 16.1 Å². The number of benzene rings is 1. The number of halogens is 1. The number of hydrogen-bond donors (Lipinski definition) is 1. The van der Waals surface area contributed by atoms with E-state index in [1.807, 2.05) is 0 Å². The first-order chi connectivity index (χ1) is 9.97. The number of aromatic nitrogens is 1. The zero-order valence-corrected chi connectivity index (χ0v) is 12.9. The van der Waals surface area contributed by atoms with E-state index in [4.69, 9.17) is 11.6 Å². The zero-order valence-electron chi connectivity index (χ0n) is 12.2. The third-order valence-corrected chi connectivity index (χ3v) is 4.74. The summed E-state index contributed by atoms with van der Waals surface area (Å²) in [5, 5.41) is 10.9. The highest BCUT2D eigenvalue weighted by Crippen LogP contribution is 2.35. The molecule has 0 radical (unpaired) electrons. The molecule has 3 rings (SSSR count). The summed E-state index contributed by atoms with van der Waals surface area (Å²) in [5.41, 5.74) is 2.96. The summed E-state index contributed by atoms with van der Waals surface area (Å²) in [5.74, 6) is 0.189. The molecule has 0 saturated heterocycles. The molecular weight excluding hydrogens is 286 g/mol. The molecule has 2 aromatic rings. The van der Waals surface area contributed by atoms with Gasteiger partial charge in [0.05, 0.1) is 11.1 Å². The largest absolute Gasteiger partial charge is 0.478 e. The molecule has 4 heteroatoms. The van der Waals surface area contributed by atoms with Gasteiger partial charge >= 0.3 is 5.97 Å². The summed E-state index contributed by atoms with van der Waals surface area (Å²) >= 11 is 6.04. The minimum atomic E-state index is -0.884. The van der Waals surface area contributed by atoms with Crippen LogP contribution < -0.4 is 0 Å². The van der Waals surface area contributed by atoms with Gasteiger partial charge in [-0.05, 0) is 54.9 Å². The Morgan fingerprint density at radius 3 is 2.86 bits per heavy atom. The van der Waals surface area contributed by atoms with E-state index in [1.54, 1.807) is 18.2 Å². The van der Waals surface area contributed by atoms with E-state index in [0.717, 1.165) is 36.0 Å². The third-order valence-electron chi connectivity index (χ3n) is 4.51. The second-order valence-corrected chi connectivity index (χ2v) is 6.56. The van der Waals surface area contributed by atoms with Crippen molar-refractivity contribution in [3.05, 3.63) is 40.0 Å². The Hall–Kier alpha value is -1.61. The zero-order chi connectivity index (χ0) is 15.1. The van der Waals surface area contributed by atoms with Gasteiger partial charge in [0.1, 0.15) is 0 Å². The van der Waals surface area contributed by atoms with E-state index in [9.17, 15) is 9.90 Å². The molecule has 21 heavy (non-hydrogen) atoms. The lowest BCUT2D eigenvalue weighted by Gasteiger charge is -2.28. The number of carbonyl (C=O) groups is 1. The quantitative estimate of drug-likeness (QED) is 0.897. The Bertz CT molecular complexity index is 724. The van der Waals surface area contributed by atoms with Crippen molar-refractivity contribution >= 4 is 28.5 Å². The summed E-state index contributed by atoms with van der Waals surface area (Å²) in [4.78, 5) is 16.5. The molecule has 0 bridgehead atoms. The van der Waals surface area contributed by atoms with Crippen LogP contribution in [0.2, 0.25) is 5.02 Å². The fourth-order valence-corrected chi connectivity index (χ4v) is 3.42. The molecule has 1 aromatic heterocycles. The van der Waals surface area contributed by atoms with Crippen molar-refractivity contribution in [3.63, 3.8) is 0 Å². The highest BCUT2D eigenvalue weighted by atomic mass is 35.5. The fourth-order valence-electron chi connectivity index (χ4n) is 3.25. The Morgan fingerprint density at radius 1 is 1.43 bits per heavy atom. The molecule has 3 nitrogen and oxygen atoms in total. The molecule has 0 fully saturated rings. The van der Waals surface area contributed by atoms with Crippen LogP contribution in [0, 0.1) is 11.8 Å². The smallest absolute Gasteiger partial charge is 0.336 e. The number of carboxylic acids is 1. The maximum atomic E-state index is 11.8. The van der Waals surface area contributed by atoms with Gasteiger partial charge in [-0.2, -0.15) is 0 Å². The monoisotopic (exact) mass is 303 g/mol. The van der Waals surface area contributed by atoms with Gasteiger partial charge in [0.15, 0.2) is 0 Å². The van der Waals surface area contributed by atoms with Crippen LogP contribution in [0.1, 0.15) is 41.9 Å². The minimum Gasteiger partial charge on any atom is -0.478 e. The predicted molar refractivity (Wildman–Crippen MR) is 84.1 cm³/mol. The van der Waals surface area contributed by atoms with Gasteiger partial charge in [0.2, 0.25) is 0 Å². The van der Waals surface area contributed by atoms with Crippen LogP contribution in [0.4, 0.5) is 0 Å². The molecule has 0 amide bonds. The number of aromatic carboxylic acids is 1. The average molecular weight is 304 g/mol. The van der Waals surface area contributed by atoms with E-state index < -0.39 is 5.97 Å². The van der Waals surface area contributed by atoms with Crippen LogP contribution in [-0.2, 0) is 12.8 Å². The number of rotatable bonds is 2. The van der Waals surface area contributed by atoms with Gasteiger partial charge in [0.25, 0.3) is 0 Å². The predicted octanol–water partition coefficient (Wildman–Crippen LogP) is 4.35. The molecule has 1 aliphatic rings. The van der Waals surface area contributed by atoms with Crippen molar-refractivity contribution in [2.75, 3.05) is 0 Å². The lowest BCUT2D eigenvalue weighted by atomic mass is 9.78. The molecule has 1 atom stereocenters. The van der Waals surface area contributed by atoms with Crippen molar-refractivity contribution in [2.24, 2.45) is 11.8 Å². The van der Waals surface area contributed by atoms with Gasteiger partial charge < -0.3 is 5.11 Å². The summed E-state index contributed by atoms with van der Waals surface area (Å²) in [7, 11) is 0. The summed E-state index contributed by atoms with van der Waals surface area (Å²) < 4.78 is 0. The second-order valence-electron chi connectivity index (χ2n) is 6.13. The summed E-state index contributed by atoms with van der Waals surface area (Å²) in [6, 6.07) is 5.28. The molecule has 1 aliphatic carbocycles. The number of hydrogen-bond acceptors (Lipinski definition) is 2. The van der Waals surface area contributed by atoms with Crippen LogP contribution in [-0.4, -0.2) is 16.1 Å². The van der Waals surface area contributed by atoms with Crippen LogP contribution in [0.15, 0.2) is 18.2 Å². The molecule has 0 spiro atoms. The highest BCUT2D eigenvalue weighted by Gasteiger charge is 2.28. The van der Waals surface area contributed by atoms with Crippen LogP contribution in [0.3, 0.4) is 0 Å². The Morgan fingerprint density at radius 2 is 2.19 bits per heavy atom. The number of nitrogens with zero attached hydrogens (tertiary/aromatic N) is 1. The molecule has 1 aromatic carbocycles. The normalized spacial score (nSPS) is 18.0. The lowest BCUT2D eigenvalue weighted by molar-refractivity contribution is 0.0696. The molecule has 1 heterocycles. The SMILES string of the molecule is CC(C)C1CCc2nc3ccc(Cl)cc3c(C(=O)O)c2C1. The van der Waals surface area contributed by atoms with Crippen molar-refractivity contribution in [3.8, 4) is 0 Å². The van der Waals surface area contributed by atoms with E-state index in [0.29, 0.717) is 27.8 Å². The van der Waals surface area contributed by atoms with Crippen molar-refractivity contribution in [1.82, 2.24) is 4.98 Å². The van der Waals surface area contributed by atoms with Crippen LogP contribution in [0.25, 0.3) is 10.9 Å².